The predicted molar refractivity (Wildman–Crippen MR) is 71.3 cm³/mol. The summed E-state index contributed by atoms with van der Waals surface area (Å²) in [4.78, 5) is 11.7. The molecule has 0 aromatic heterocycles. The fourth-order valence-electron chi connectivity index (χ4n) is 2.77. The van der Waals surface area contributed by atoms with Crippen LogP contribution in [0.5, 0.6) is 0 Å². The second-order valence-corrected chi connectivity index (χ2v) is 5.18. The van der Waals surface area contributed by atoms with Crippen LogP contribution in [-0.2, 0) is 11.2 Å². The Hall–Kier alpha value is -1.11. The van der Waals surface area contributed by atoms with Crippen molar-refractivity contribution in [3.63, 3.8) is 0 Å². The first kappa shape index (κ1) is 12.3. The van der Waals surface area contributed by atoms with Crippen molar-refractivity contribution in [2.24, 2.45) is 0 Å². The van der Waals surface area contributed by atoms with Crippen LogP contribution in [0.4, 0.5) is 0 Å². The smallest absolute Gasteiger partial charge is 0.133 e. The molecule has 1 unspecified atom stereocenters. The van der Waals surface area contributed by atoms with Crippen LogP contribution >= 0.6 is 0 Å². The summed E-state index contributed by atoms with van der Waals surface area (Å²) in [6, 6.07) is 8.86. The lowest BCUT2D eigenvalue weighted by atomic mass is 9.90. The van der Waals surface area contributed by atoms with Crippen molar-refractivity contribution >= 4 is 5.78 Å². The third-order valence-electron chi connectivity index (χ3n) is 3.69. The van der Waals surface area contributed by atoms with Crippen LogP contribution in [0, 0.1) is 0 Å². The Morgan fingerprint density at radius 3 is 3.00 bits per heavy atom. The molecule has 1 aliphatic carbocycles. The molecular weight excluding hydrogens is 208 g/mol. The molecule has 1 aromatic rings. The van der Waals surface area contributed by atoms with Crippen molar-refractivity contribution in [3.8, 4) is 0 Å². The van der Waals surface area contributed by atoms with E-state index < -0.39 is 0 Å². The average molecular weight is 230 g/mol. The standard InChI is InChI=1S/C16H22O/c1-2-6-13-7-5-9-14(11-13)15-8-3-4-10-16(17)12-15/h5,7,9,11,15H,2-4,6,8,10,12H2,1H3. The molecule has 0 heterocycles. The summed E-state index contributed by atoms with van der Waals surface area (Å²) in [5, 5.41) is 0. The summed E-state index contributed by atoms with van der Waals surface area (Å²) in [5.74, 6) is 0.926. The Morgan fingerprint density at radius 2 is 2.18 bits per heavy atom. The van der Waals surface area contributed by atoms with Crippen molar-refractivity contribution < 1.29 is 4.79 Å². The van der Waals surface area contributed by atoms with Crippen LogP contribution in [0.1, 0.15) is 62.5 Å². The second-order valence-electron chi connectivity index (χ2n) is 5.18. The maximum absolute atomic E-state index is 11.7. The lowest BCUT2D eigenvalue weighted by Gasteiger charge is -2.14. The Kier molecular flexibility index (Phi) is 4.36. The van der Waals surface area contributed by atoms with Crippen LogP contribution in [0.3, 0.4) is 0 Å². The first-order chi connectivity index (χ1) is 8.29. The fourth-order valence-corrected chi connectivity index (χ4v) is 2.77. The minimum Gasteiger partial charge on any atom is -0.300 e. The molecule has 0 radical (unpaired) electrons. The SMILES string of the molecule is CCCc1cccc(C2CCCCC(=O)C2)c1. The highest BCUT2D eigenvalue weighted by Gasteiger charge is 2.19. The summed E-state index contributed by atoms with van der Waals surface area (Å²) in [7, 11) is 0. The van der Waals surface area contributed by atoms with Gasteiger partial charge >= 0.3 is 0 Å². The maximum Gasteiger partial charge on any atom is 0.133 e. The normalized spacial score (nSPS) is 21.2. The number of hydrogen-bond donors (Lipinski definition) is 0. The van der Waals surface area contributed by atoms with Gasteiger partial charge in [-0.1, -0.05) is 44.0 Å². The van der Waals surface area contributed by atoms with E-state index in [1.807, 2.05) is 0 Å². The third kappa shape index (κ3) is 3.42. The minimum atomic E-state index is 0.452. The number of hydrogen-bond acceptors (Lipinski definition) is 1. The van der Waals surface area contributed by atoms with Crippen molar-refractivity contribution in [2.45, 2.75) is 57.8 Å². The van der Waals surface area contributed by atoms with E-state index in [9.17, 15) is 4.79 Å². The average Bonchev–Trinajstić information content (AvgIpc) is 2.55. The van der Waals surface area contributed by atoms with Gasteiger partial charge in [0.25, 0.3) is 0 Å². The highest BCUT2D eigenvalue weighted by molar-refractivity contribution is 5.79. The Morgan fingerprint density at radius 1 is 1.29 bits per heavy atom. The van der Waals surface area contributed by atoms with Gasteiger partial charge in [-0.25, -0.2) is 0 Å². The molecule has 0 saturated heterocycles. The van der Waals surface area contributed by atoms with E-state index >= 15 is 0 Å². The first-order valence-electron chi connectivity index (χ1n) is 6.90. The summed E-state index contributed by atoms with van der Waals surface area (Å²) in [5.41, 5.74) is 2.80. The molecule has 2 rings (SSSR count). The lowest BCUT2D eigenvalue weighted by molar-refractivity contribution is -0.119. The van der Waals surface area contributed by atoms with Crippen molar-refractivity contribution in [1.82, 2.24) is 0 Å². The third-order valence-corrected chi connectivity index (χ3v) is 3.69. The molecule has 1 nitrogen and oxygen atoms in total. The number of Topliss-reactive ketones (excluding diaryl/α,β-unsaturated/α-hetero) is 1. The molecule has 1 fully saturated rings. The summed E-state index contributed by atoms with van der Waals surface area (Å²) in [6.45, 7) is 2.21. The van der Waals surface area contributed by atoms with E-state index in [0.717, 1.165) is 25.7 Å². The fraction of sp³-hybridized carbons (Fsp3) is 0.562. The van der Waals surface area contributed by atoms with Gasteiger partial charge in [0.15, 0.2) is 0 Å². The maximum atomic E-state index is 11.7. The first-order valence-corrected chi connectivity index (χ1v) is 6.90. The van der Waals surface area contributed by atoms with Crippen LogP contribution in [0.15, 0.2) is 24.3 Å². The van der Waals surface area contributed by atoms with E-state index in [2.05, 4.69) is 31.2 Å². The molecule has 0 N–H and O–H groups in total. The van der Waals surface area contributed by atoms with Crippen LogP contribution < -0.4 is 0 Å². The summed E-state index contributed by atoms with van der Waals surface area (Å²) >= 11 is 0. The van der Waals surface area contributed by atoms with E-state index in [1.165, 1.54) is 30.4 Å². The number of rotatable bonds is 3. The van der Waals surface area contributed by atoms with Crippen LogP contribution in [-0.4, -0.2) is 5.78 Å². The second kappa shape index (κ2) is 6.00. The van der Waals surface area contributed by atoms with Crippen LogP contribution in [0.2, 0.25) is 0 Å². The Bertz CT molecular complexity index is 381. The number of carbonyl (C=O) groups excluding carboxylic acids is 1. The van der Waals surface area contributed by atoms with Crippen LogP contribution in [0.25, 0.3) is 0 Å². The molecule has 92 valence electrons. The van der Waals surface area contributed by atoms with Gasteiger partial charge in [0, 0.05) is 12.8 Å². The van der Waals surface area contributed by atoms with Crippen molar-refractivity contribution in [1.29, 1.82) is 0 Å². The van der Waals surface area contributed by atoms with E-state index in [4.69, 9.17) is 0 Å². The number of carbonyl (C=O) groups is 1. The van der Waals surface area contributed by atoms with Gasteiger partial charge in [0.05, 0.1) is 0 Å². The monoisotopic (exact) mass is 230 g/mol. The zero-order valence-electron chi connectivity index (χ0n) is 10.7. The number of aryl methyl sites for hydroxylation is 1. The molecule has 1 saturated carbocycles. The Balaban J connectivity index is 2.14. The topological polar surface area (TPSA) is 17.1 Å². The van der Waals surface area contributed by atoms with E-state index in [1.54, 1.807) is 0 Å². The molecule has 1 atom stereocenters. The number of benzene rings is 1. The molecule has 0 bridgehead atoms. The molecule has 17 heavy (non-hydrogen) atoms. The van der Waals surface area contributed by atoms with Gasteiger partial charge < -0.3 is 0 Å². The van der Waals surface area contributed by atoms with Gasteiger partial charge in [-0.3, -0.25) is 4.79 Å². The molecular formula is C16H22O. The van der Waals surface area contributed by atoms with E-state index in [-0.39, 0.29) is 0 Å². The minimum absolute atomic E-state index is 0.452. The van der Waals surface area contributed by atoms with E-state index in [0.29, 0.717) is 11.7 Å². The summed E-state index contributed by atoms with van der Waals surface area (Å²) < 4.78 is 0. The molecule has 0 spiro atoms. The highest BCUT2D eigenvalue weighted by atomic mass is 16.1. The molecule has 1 aromatic carbocycles. The Labute approximate surface area is 104 Å². The van der Waals surface area contributed by atoms with Gasteiger partial charge in [-0.2, -0.15) is 0 Å². The highest BCUT2D eigenvalue weighted by Crippen LogP contribution is 2.30. The predicted octanol–water partition coefficient (Wildman–Crippen LogP) is 4.26. The zero-order valence-corrected chi connectivity index (χ0v) is 10.7. The molecule has 1 heteroatoms. The van der Waals surface area contributed by atoms with Gasteiger partial charge in [0.2, 0.25) is 0 Å². The quantitative estimate of drug-likeness (QED) is 0.709. The molecule has 0 amide bonds. The molecule has 1 aliphatic rings. The lowest BCUT2D eigenvalue weighted by Crippen LogP contribution is -2.04. The van der Waals surface area contributed by atoms with Crippen molar-refractivity contribution in [3.05, 3.63) is 35.4 Å². The number of ketones is 1. The zero-order chi connectivity index (χ0) is 12.1. The largest absolute Gasteiger partial charge is 0.300 e. The molecule has 0 aliphatic heterocycles. The van der Waals surface area contributed by atoms with Gasteiger partial charge in [0.1, 0.15) is 5.78 Å². The van der Waals surface area contributed by atoms with Crippen molar-refractivity contribution in [2.75, 3.05) is 0 Å². The summed E-state index contributed by atoms with van der Waals surface area (Å²) in [6.07, 6.45) is 7.36. The van der Waals surface area contributed by atoms with Gasteiger partial charge in [-0.15, -0.1) is 0 Å². The van der Waals surface area contributed by atoms with Gasteiger partial charge in [-0.05, 0) is 36.3 Å².